The Hall–Kier alpha value is -1.71. The van der Waals surface area contributed by atoms with Crippen molar-refractivity contribution in [3.8, 4) is 0 Å². The monoisotopic (exact) mass is 275 g/mol. The minimum absolute atomic E-state index is 0.0125. The number of anilines is 2. The number of nitrogen functional groups attached to an aromatic ring is 1. The molecule has 1 amide bonds. The molecule has 2 N–H and O–H groups in total. The fourth-order valence-electron chi connectivity index (χ4n) is 2.37. The molecule has 1 aromatic rings. The van der Waals surface area contributed by atoms with Crippen LogP contribution in [-0.4, -0.2) is 37.5 Å². The Morgan fingerprint density at radius 1 is 1.35 bits per heavy atom. The molecule has 20 heavy (non-hydrogen) atoms. The third-order valence-corrected chi connectivity index (χ3v) is 3.77. The molecule has 0 aliphatic heterocycles. The molecule has 1 saturated carbocycles. The summed E-state index contributed by atoms with van der Waals surface area (Å²) in [4.78, 5) is 15.9. The van der Waals surface area contributed by atoms with Crippen molar-refractivity contribution in [2.45, 2.75) is 32.7 Å². The van der Waals surface area contributed by atoms with Crippen molar-refractivity contribution in [3.63, 3.8) is 0 Å². The quantitative estimate of drug-likeness (QED) is 0.840. The first-order valence-corrected chi connectivity index (χ1v) is 7.28. The van der Waals surface area contributed by atoms with Crippen LogP contribution in [0.25, 0.3) is 0 Å². The topological polar surface area (TPSA) is 49.6 Å². The number of carbonyl (C=O) groups excluding carboxylic acids is 1. The zero-order valence-electron chi connectivity index (χ0n) is 12.9. The summed E-state index contributed by atoms with van der Waals surface area (Å²) in [5.41, 5.74) is 8.56. The van der Waals surface area contributed by atoms with Gasteiger partial charge in [-0.15, -0.1) is 0 Å². The van der Waals surface area contributed by atoms with Crippen LogP contribution in [0.4, 0.5) is 11.4 Å². The Bertz CT molecular complexity index is 492. The molecule has 0 atom stereocenters. The van der Waals surface area contributed by atoms with Crippen LogP contribution < -0.4 is 10.6 Å². The molecule has 0 bridgehead atoms. The molecule has 0 radical (unpaired) electrons. The number of carbonyl (C=O) groups is 1. The summed E-state index contributed by atoms with van der Waals surface area (Å²) in [6.07, 6.45) is 2.64. The van der Waals surface area contributed by atoms with Crippen LogP contribution in [0.5, 0.6) is 0 Å². The average Bonchev–Trinajstić information content (AvgIpc) is 3.19. The van der Waals surface area contributed by atoms with Gasteiger partial charge in [-0.1, -0.05) is 0 Å². The molecule has 2 rings (SSSR count). The van der Waals surface area contributed by atoms with Gasteiger partial charge >= 0.3 is 0 Å². The van der Waals surface area contributed by atoms with Crippen LogP contribution in [0.15, 0.2) is 18.2 Å². The van der Waals surface area contributed by atoms with E-state index < -0.39 is 0 Å². The van der Waals surface area contributed by atoms with Crippen molar-refractivity contribution < 1.29 is 4.79 Å². The second kappa shape index (κ2) is 5.73. The number of nitrogens with two attached hydrogens (primary N) is 1. The smallest absolute Gasteiger partial charge is 0.253 e. The van der Waals surface area contributed by atoms with E-state index in [1.54, 1.807) is 25.1 Å². The summed E-state index contributed by atoms with van der Waals surface area (Å²) in [5, 5.41) is 0. The van der Waals surface area contributed by atoms with Gasteiger partial charge in [0.05, 0.1) is 11.4 Å². The number of amides is 1. The predicted molar refractivity (Wildman–Crippen MR) is 84.1 cm³/mol. The highest BCUT2D eigenvalue weighted by Gasteiger charge is 2.26. The minimum Gasteiger partial charge on any atom is -0.397 e. The highest BCUT2D eigenvalue weighted by molar-refractivity contribution is 5.95. The van der Waals surface area contributed by atoms with Crippen molar-refractivity contribution in [2.24, 2.45) is 5.92 Å². The van der Waals surface area contributed by atoms with Gasteiger partial charge in [0, 0.05) is 32.2 Å². The molecule has 1 aliphatic rings. The molecular formula is C16H25N3O. The lowest BCUT2D eigenvalue weighted by Crippen LogP contribution is -2.33. The summed E-state index contributed by atoms with van der Waals surface area (Å²) >= 11 is 0. The molecule has 0 spiro atoms. The maximum absolute atomic E-state index is 12.0. The van der Waals surface area contributed by atoms with Crippen molar-refractivity contribution in [3.05, 3.63) is 23.8 Å². The van der Waals surface area contributed by atoms with E-state index in [-0.39, 0.29) is 5.91 Å². The summed E-state index contributed by atoms with van der Waals surface area (Å²) in [7, 11) is 3.50. The van der Waals surface area contributed by atoms with Gasteiger partial charge in [-0.2, -0.15) is 0 Å². The Kier molecular flexibility index (Phi) is 4.21. The Morgan fingerprint density at radius 2 is 2.00 bits per heavy atom. The second-order valence-electron chi connectivity index (χ2n) is 6.16. The summed E-state index contributed by atoms with van der Waals surface area (Å²) in [6.45, 7) is 5.42. The standard InChI is InChI=1S/C16H25N3O/c1-11(2)19(10-12-5-6-12)15-8-7-13(9-14(15)17)16(20)18(3)4/h7-9,11-12H,5-6,10,17H2,1-4H3. The van der Waals surface area contributed by atoms with Gasteiger partial charge in [-0.05, 0) is 50.8 Å². The molecule has 4 nitrogen and oxygen atoms in total. The lowest BCUT2D eigenvalue weighted by atomic mass is 10.1. The maximum Gasteiger partial charge on any atom is 0.253 e. The summed E-state index contributed by atoms with van der Waals surface area (Å²) in [6, 6.07) is 6.05. The van der Waals surface area contributed by atoms with Crippen molar-refractivity contribution >= 4 is 17.3 Å². The molecule has 1 aliphatic carbocycles. The molecule has 0 aromatic heterocycles. The van der Waals surface area contributed by atoms with Crippen LogP contribution in [0.3, 0.4) is 0 Å². The van der Waals surface area contributed by atoms with Gasteiger partial charge in [0.2, 0.25) is 0 Å². The van der Waals surface area contributed by atoms with Crippen LogP contribution in [0.2, 0.25) is 0 Å². The molecular weight excluding hydrogens is 250 g/mol. The van der Waals surface area contributed by atoms with E-state index in [0.29, 0.717) is 17.3 Å². The highest BCUT2D eigenvalue weighted by Crippen LogP contribution is 2.34. The molecule has 1 aromatic carbocycles. The second-order valence-corrected chi connectivity index (χ2v) is 6.16. The fourth-order valence-corrected chi connectivity index (χ4v) is 2.37. The first-order chi connectivity index (χ1) is 9.40. The first-order valence-electron chi connectivity index (χ1n) is 7.28. The van der Waals surface area contributed by atoms with Crippen molar-refractivity contribution in [1.82, 2.24) is 4.90 Å². The van der Waals surface area contributed by atoms with Crippen LogP contribution in [0.1, 0.15) is 37.0 Å². The summed E-state index contributed by atoms with van der Waals surface area (Å²) < 4.78 is 0. The Balaban J connectivity index is 2.24. The van der Waals surface area contributed by atoms with E-state index in [2.05, 4.69) is 18.7 Å². The zero-order valence-corrected chi connectivity index (χ0v) is 12.9. The first kappa shape index (κ1) is 14.7. The van der Waals surface area contributed by atoms with Gasteiger partial charge in [-0.3, -0.25) is 4.79 Å². The van der Waals surface area contributed by atoms with Gasteiger partial charge in [-0.25, -0.2) is 0 Å². The summed E-state index contributed by atoms with van der Waals surface area (Å²) in [5.74, 6) is 0.793. The largest absolute Gasteiger partial charge is 0.397 e. The van der Waals surface area contributed by atoms with Crippen molar-refractivity contribution in [1.29, 1.82) is 0 Å². The van der Waals surface area contributed by atoms with Crippen LogP contribution >= 0.6 is 0 Å². The molecule has 0 heterocycles. The predicted octanol–water partition coefficient (Wildman–Crippen LogP) is 2.60. The van der Waals surface area contributed by atoms with Crippen molar-refractivity contribution in [2.75, 3.05) is 31.3 Å². The van der Waals surface area contributed by atoms with E-state index in [9.17, 15) is 4.79 Å². The fraction of sp³-hybridized carbons (Fsp3) is 0.562. The zero-order chi connectivity index (χ0) is 14.9. The lowest BCUT2D eigenvalue weighted by Gasteiger charge is -2.30. The lowest BCUT2D eigenvalue weighted by molar-refractivity contribution is 0.0827. The number of nitrogens with zero attached hydrogens (tertiary/aromatic N) is 2. The minimum atomic E-state index is -0.0125. The van der Waals surface area contributed by atoms with E-state index >= 15 is 0 Å². The van der Waals surface area contributed by atoms with Gasteiger partial charge in [0.15, 0.2) is 0 Å². The molecule has 1 fully saturated rings. The van der Waals surface area contributed by atoms with E-state index in [1.807, 2.05) is 12.1 Å². The molecule has 0 saturated heterocycles. The Labute approximate surface area is 121 Å². The van der Waals surface area contributed by atoms with E-state index in [1.165, 1.54) is 12.8 Å². The highest BCUT2D eigenvalue weighted by atomic mass is 16.2. The number of rotatable bonds is 5. The Morgan fingerprint density at radius 3 is 2.45 bits per heavy atom. The third kappa shape index (κ3) is 3.24. The average molecular weight is 275 g/mol. The van der Waals surface area contributed by atoms with E-state index in [4.69, 9.17) is 5.73 Å². The van der Waals surface area contributed by atoms with Crippen LogP contribution in [-0.2, 0) is 0 Å². The normalized spacial score (nSPS) is 14.4. The number of benzene rings is 1. The maximum atomic E-state index is 12.0. The number of hydrogen-bond acceptors (Lipinski definition) is 3. The van der Waals surface area contributed by atoms with Gasteiger partial charge < -0.3 is 15.5 Å². The SMILES string of the molecule is CC(C)N(CC1CC1)c1ccc(C(=O)N(C)C)cc1N. The van der Waals surface area contributed by atoms with E-state index in [0.717, 1.165) is 18.2 Å². The van der Waals surface area contributed by atoms with Gasteiger partial charge in [0.25, 0.3) is 5.91 Å². The number of hydrogen-bond donors (Lipinski definition) is 1. The molecule has 0 unspecified atom stereocenters. The van der Waals surface area contributed by atoms with Crippen LogP contribution in [0, 0.1) is 5.92 Å². The third-order valence-electron chi connectivity index (χ3n) is 3.77. The molecule has 4 heteroatoms. The van der Waals surface area contributed by atoms with Gasteiger partial charge in [0.1, 0.15) is 0 Å². The molecule has 110 valence electrons.